The standard InChI is InChI=1S/C19H21NO5/c1-11-8-12(6-7-14(11)20(2)3)16-13(19(21)23-5)9-15-17(18(16)22-4)25-10-24-15/h6-9H,10H2,1-5H3. The van der Waals surface area contributed by atoms with Crippen molar-refractivity contribution in [2.75, 3.05) is 40.0 Å². The first kappa shape index (κ1) is 17.0. The van der Waals surface area contributed by atoms with Crippen molar-refractivity contribution in [1.82, 2.24) is 0 Å². The summed E-state index contributed by atoms with van der Waals surface area (Å²) in [7, 11) is 6.87. The van der Waals surface area contributed by atoms with Gasteiger partial charge in [-0.2, -0.15) is 0 Å². The SMILES string of the molecule is COC(=O)c1cc2c(c(OC)c1-c1ccc(N(C)C)c(C)c1)OCO2. The van der Waals surface area contributed by atoms with E-state index in [-0.39, 0.29) is 6.79 Å². The van der Waals surface area contributed by atoms with E-state index in [2.05, 4.69) is 0 Å². The third kappa shape index (κ3) is 2.84. The van der Waals surface area contributed by atoms with Gasteiger partial charge in [0.15, 0.2) is 11.5 Å². The van der Waals surface area contributed by atoms with Crippen LogP contribution >= 0.6 is 0 Å². The van der Waals surface area contributed by atoms with Gasteiger partial charge in [-0.1, -0.05) is 6.07 Å². The molecule has 0 N–H and O–H groups in total. The van der Waals surface area contributed by atoms with Crippen LogP contribution in [0.1, 0.15) is 15.9 Å². The highest BCUT2D eigenvalue weighted by atomic mass is 16.7. The molecule has 132 valence electrons. The Kier molecular flexibility index (Phi) is 4.44. The highest BCUT2D eigenvalue weighted by Crippen LogP contribution is 2.49. The monoisotopic (exact) mass is 343 g/mol. The van der Waals surface area contributed by atoms with E-state index < -0.39 is 5.97 Å². The second kappa shape index (κ2) is 6.55. The van der Waals surface area contributed by atoms with Crippen LogP contribution in [-0.2, 0) is 4.74 Å². The van der Waals surface area contributed by atoms with E-state index in [1.165, 1.54) is 7.11 Å². The number of aryl methyl sites for hydroxylation is 1. The molecule has 0 fully saturated rings. The topological polar surface area (TPSA) is 57.2 Å². The average Bonchev–Trinajstić information content (AvgIpc) is 3.07. The zero-order valence-corrected chi connectivity index (χ0v) is 15.0. The first-order valence-corrected chi connectivity index (χ1v) is 7.85. The molecule has 6 nitrogen and oxygen atoms in total. The Morgan fingerprint density at radius 2 is 1.92 bits per heavy atom. The van der Waals surface area contributed by atoms with Crippen molar-refractivity contribution >= 4 is 11.7 Å². The van der Waals surface area contributed by atoms with Crippen molar-refractivity contribution in [2.24, 2.45) is 0 Å². The molecule has 0 radical (unpaired) electrons. The van der Waals surface area contributed by atoms with Crippen LogP contribution in [0.25, 0.3) is 11.1 Å². The third-order valence-electron chi connectivity index (χ3n) is 4.20. The minimum absolute atomic E-state index is 0.0916. The summed E-state index contributed by atoms with van der Waals surface area (Å²) >= 11 is 0. The van der Waals surface area contributed by atoms with Crippen LogP contribution in [0.15, 0.2) is 24.3 Å². The molecule has 3 rings (SSSR count). The van der Waals surface area contributed by atoms with Crippen LogP contribution in [0.4, 0.5) is 5.69 Å². The van der Waals surface area contributed by atoms with Gasteiger partial charge in [-0.05, 0) is 36.2 Å². The van der Waals surface area contributed by atoms with Gasteiger partial charge in [-0.15, -0.1) is 0 Å². The van der Waals surface area contributed by atoms with Gasteiger partial charge in [-0.25, -0.2) is 4.79 Å². The summed E-state index contributed by atoms with van der Waals surface area (Å²) in [6.07, 6.45) is 0. The molecule has 2 aromatic rings. The molecule has 0 unspecified atom stereocenters. The second-order valence-electron chi connectivity index (χ2n) is 5.95. The molecule has 25 heavy (non-hydrogen) atoms. The molecular formula is C19H21NO5. The molecule has 2 aromatic carbocycles. The highest BCUT2D eigenvalue weighted by Gasteiger charge is 2.29. The molecule has 1 heterocycles. The molecule has 1 aliphatic heterocycles. The molecule has 0 aromatic heterocycles. The van der Waals surface area contributed by atoms with Gasteiger partial charge in [-0.3, -0.25) is 0 Å². The zero-order valence-electron chi connectivity index (χ0n) is 15.0. The van der Waals surface area contributed by atoms with Crippen LogP contribution in [0.3, 0.4) is 0 Å². The smallest absolute Gasteiger partial charge is 0.338 e. The fourth-order valence-corrected chi connectivity index (χ4v) is 3.08. The number of hydrogen-bond acceptors (Lipinski definition) is 6. The van der Waals surface area contributed by atoms with Gasteiger partial charge in [0, 0.05) is 25.3 Å². The van der Waals surface area contributed by atoms with E-state index in [4.69, 9.17) is 18.9 Å². The van der Waals surface area contributed by atoms with Crippen molar-refractivity contribution in [3.63, 3.8) is 0 Å². The van der Waals surface area contributed by atoms with Crippen LogP contribution in [-0.4, -0.2) is 41.1 Å². The van der Waals surface area contributed by atoms with Gasteiger partial charge in [0.2, 0.25) is 12.5 Å². The number of rotatable bonds is 4. The number of benzene rings is 2. The number of carbonyl (C=O) groups excluding carboxylic acids is 1. The van der Waals surface area contributed by atoms with Crippen molar-refractivity contribution in [3.8, 4) is 28.4 Å². The Hall–Kier alpha value is -2.89. The zero-order chi connectivity index (χ0) is 18.1. The number of esters is 1. The second-order valence-corrected chi connectivity index (χ2v) is 5.95. The number of nitrogens with zero attached hydrogens (tertiary/aromatic N) is 1. The number of carbonyl (C=O) groups is 1. The molecule has 0 saturated carbocycles. The van der Waals surface area contributed by atoms with Crippen molar-refractivity contribution < 1.29 is 23.7 Å². The molecule has 6 heteroatoms. The Morgan fingerprint density at radius 3 is 2.52 bits per heavy atom. The van der Waals surface area contributed by atoms with Gasteiger partial charge >= 0.3 is 5.97 Å². The normalized spacial score (nSPS) is 12.0. The lowest BCUT2D eigenvalue weighted by atomic mass is 9.95. The van der Waals surface area contributed by atoms with Gasteiger partial charge in [0.1, 0.15) is 0 Å². The number of hydrogen-bond donors (Lipinski definition) is 0. The Balaban J connectivity index is 2.27. The largest absolute Gasteiger partial charge is 0.492 e. The predicted molar refractivity (Wildman–Crippen MR) is 95.0 cm³/mol. The van der Waals surface area contributed by atoms with Gasteiger partial charge in [0.05, 0.1) is 19.8 Å². The van der Waals surface area contributed by atoms with E-state index in [0.717, 1.165) is 16.8 Å². The maximum Gasteiger partial charge on any atom is 0.338 e. The first-order valence-electron chi connectivity index (χ1n) is 7.85. The Bertz CT molecular complexity index is 829. The minimum Gasteiger partial charge on any atom is -0.492 e. The summed E-state index contributed by atoms with van der Waals surface area (Å²) in [5.74, 6) is 0.982. The van der Waals surface area contributed by atoms with E-state index in [9.17, 15) is 4.79 Å². The maximum absolute atomic E-state index is 12.4. The van der Waals surface area contributed by atoms with E-state index in [1.54, 1.807) is 13.2 Å². The minimum atomic E-state index is -0.457. The average molecular weight is 343 g/mol. The van der Waals surface area contributed by atoms with Gasteiger partial charge < -0.3 is 23.8 Å². The van der Waals surface area contributed by atoms with Crippen LogP contribution in [0, 0.1) is 6.92 Å². The van der Waals surface area contributed by atoms with E-state index >= 15 is 0 Å². The molecule has 0 spiro atoms. The summed E-state index contributed by atoms with van der Waals surface area (Å²) in [5, 5.41) is 0. The fraction of sp³-hybridized carbons (Fsp3) is 0.316. The maximum atomic E-state index is 12.4. The summed E-state index contributed by atoms with van der Waals surface area (Å²) in [6, 6.07) is 7.62. The Morgan fingerprint density at radius 1 is 1.16 bits per heavy atom. The quantitative estimate of drug-likeness (QED) is 0.794. The van der Waals surface area contributed by atoms with Crippen LogP contribution in [0.5, 0.6) is 17.2 Å². The van der Waals surface area contributed by atoms with Crippen molar-refractivity contribution in [1.29, 1.82) is 0 Å². The van der Waals surface area contributed by atoms with Crippen molar-refractivity contribution in [2.45, 2.75) is 6.92 Å². The summed E-state index contributed by atoms with van der Waals surface area (Å²) < 4.78 is 21.5. The molecular weight excluding hydrogens is 322 g/mol. The number of ether oxygens (including phenoxy) is 4. The summed E-state index contributed by atoms with van der Waals surface area (Å²) in [5.41, 5.74) is 4.03. The third-order valence-corrected chi connectivity index (χ3v) is 4.20. The lowest BCUT2D eigenvalue weighted by Crippen LogP contribution is -2.10. The van der Waals surface area contributed by atoms with Crippen LogP contribution in [0.2, 0.25) is 0 Å². The highest BCUT2D eigenvalue weighted by molar-refractivity contribution is 6.01. The lowest BCUT2D eigenvalue weighted by molar-refractivity contribution is 0.0601. The predicted octanol–water partition coefficient (Wildman–Crippen LogP) is 3.25. The van der Waals surface area contributed by atoms with Gasteiger partial charge in [0.25, 0.3) is 0 Å². The molecule has 0 saturated heterocycles. The molecule has 0 bridgehead atoms. The molecule has 1 aliphatic rings. The molecule has 0 atom stereocenters. The van der Waals surface area contributed by atoms with E-state index in [1.807, 2.05) is 44.1 Å². The first-order chi connectivity index (χ1) is 12.0. The summed E-state index contributed by atoms with van der Waals surface area (Å²) in [6.45, 7) is 2.12. The Labute approximate surface area is 146 Å². The fourth-order valence-electron chi connectivity index (χ4n) is 3.08. The number of methoxy groups -OCH3 is 2. The summed E-state index contributed by atoms with van der Waals surface area (Å²) in [4.78, 5) is 14.4. The lowest BCUT2D eigenvalue weighted by Gasteiger charge is -2.19. The van der Waals surface area contributed by atoms with Crippen LogP contribution < -0.4 is 19.1 Å². The van der Waals surface area contributed by atoms with Crippen molar-refractivity contribution in [3.05, 3.63) is 35.4 Å². The number of anilines is 1. The van der Waals surface area contributed by atoms with E-state index in [0.29, 0.717) is 28.4 Å². The number of fused-ring (bicyclic) bond motifs is 1. The molecule has 0 aliphatic carbocycles. The molecule has 0 amide bonds.